The number of nitrogens with zero attached hydrogens (tertiary/aromatic N) is 1. The highest BCUT2D eigenvalue weighted by Gasteiger charge is 2.07. The molecule has 2 rings (SSSR count). The van der Waals surface area contributed by atoms with Crippen LogP contribution in [-0.2, 0) is 11.3 Å². The molecule has 0 spiro atoms. The fraction of sp³-hybridized carbons (Fsp3) is 0.400. The summed E-state index contributed by atoms with van der Waals surface area (Å²) < 4.78 is 0. The fourth-order valence-corrected chi connectivity index (χ4v) is 3.27. The van der Waals surface area contributed by atoms with Crippen LogP contribution < -0.4 is 16.0 Å². The molecule has 0 bridgehead atoms. The van der Waals surface area contributed by atoms with Crippen molar-refractivity contribution in [3.8, 4) is 0 Å². The Morgan fingerprint density at radius 2 is 1.93 bits per heavy atom. The van der Waals surface area contributed by atoms with Crippen molar-refractivity contribution in [1.29, 1.82) is 0 Å². The van der Waals surface area contributed by atoms with Crippen molar-refractivity contribution in [3.05, 3.63) is 52.2 Å². The summed E-state index contributed by atoms with van der Waals surface area (Å²) in [6.45, 7) is 5.71. The van der Waals surface area contributed by atoms with E-state index in [9.17, 15) is 4.79 Å². The van der Waals surface area contributed by atoms with Gasteiger partial charge in [0.05, 0.1) is 0 Å². The number of amides is 1. The Kier molecular flexibility index (Phi) is 11.0. The second kappa shape index (κ2) is 12.7. The summed E-state index contributed by atoms with van der Waals surface area (Å²) in [5, 5.41) is 13.9. The number of hydrogen-bond acceptors (Lipinski definition) is 3. The molecule has 0 saturated heterocycles. The number of benzene rings is 1. The molecule has 0 aliphatic rings. The Balaban J connectivity index is 0.00000364. The van der Waals surface area contributed by atoms with Crippen LogP contribution in [0.15, 0.2) is 46.1 Å². The minimum absolute atomic E-state index is 0. The van der Waals surface area contributed by atoms with Crippen LogP contribution in [0.25, 0.3) is 0 Å². The van der Waals surface area contributed by atoms with E-state index >= 15 is 0 Å². The molecule has 148 valence electrons. The van der Waals surface area contributed by atoms with Crippen LogP contribution in [0.3, 0.4) is 0 Å². The first-order chi connectivity index (χ1) is 12.6. The van der Waals surface area contributed by atoms with E-state index in [2.05, 4.69) is 44.7 Å². The number of hydrogen-bond donors (Lipinski definition) is 3. The molecule has 27 heavy (non-hydrogen) atoms. The van der Waals surface area contributed by atoms with Crippen molar-refractivity contribution in [1.82, 2.24) is 10.6 Å². The van der Waals surface area contributed by atoms with E-state index in [0.717, 1.165) is 30.2 Å². The van der Waals surface area contributed by atoms with Gasteiger partial charge >= 0.3 is 0 Å². The zero-order valence-electron chi connectivity index (χ0n) is 16.1. The molecule has 1 aromatic heterocycles. The monoisotopic (exact) mass is 500 g/mol. The Morgan fingerprint density at radius 1 is 1.19 bits per heavy atom. The quantitative estimate of drug-likeness (QED) is 0.283. The third-order valence-electron chi connectivity index (χ3n) is 4.09. The van der Waals surface area contributed by atoms with Gasteiger partial charge in [0.2, 0.25) is 5.91 Å². The second-order valence-electron chi connectivity index (χ2n) is 6.26. The molecule has 0 radical (unpaired) electrons. The van der Waals surface area contributed by atoms with Gasteiger partial charge in [0.25, 0.3) is 0 Å². The predicted octanol–water partition coefficient (Wildman–Crippen LogP) is 4.57. The first-order valence-corrected chi connectivity index (χ1v) is 9.92. The minimum Gasteiger partial charge on any atom is -0.356 e. The van der Waals surface area contributed by atoms with Gasteiger partial charge in [-0.1, -0.05) is 26.0 Å². The third kappa shape index (κ3) is 8.30. The number of carbonyl (C=O) groups is 1. The summed E-state index contributed by atoms with van der Waals surface area (Å²) in [6, 6.07) is 10.0. The van der Waals surface area contributed by atoms with E-state index < -0.39 is 0 Å². The van der Waals surface area contributed by atoms with Crippen molar-refractivity contribution >= 4 is 52.9 Å². The van der Waals surface area contributed by atoms with Crippen molar-refractivity contribution in [2.45, 2.75) is 39.2 Å². The van der Waals surface area contributed by atoms with Gasteiger partial charge in [-0.25, -0.2) is 0 Å². The second-order valence-corrected chi connectivity index (χ2v) is 7.04. The van der Waals surface area contributed by atoms with E-state index in [1.165, 1.54) is 5.56 Å². The average molecular weight is 500 g/mol. The van der Waals surface area contributed by atoms with Crippen LogP contribution in [-0.4, -0.2) is 25.5 Å². The topological polar surface area (TPSA) is 65.5 Å². The van der Waals surface area contributed by atoms with E-state index in [1.807, 2.05) is 31.2 Å². The molecule has 2 aromatic rings. The van der Waals surface area contributed by atoms with Gasteiger partial charge in [-0.2, -0.15) is 11.3 Å². The van der Waals surface area contributed by atoms with E-state index in [4.69, 9.17) is 0 Å². The lowest BCUT2D eigenvalue weighted by molar-refractivity contribution is -0.116. The first kappa shape index (κ1) is 23.4. The molecule has 0 aliphatic carbocycles. The number of nitrogens with one attached hydrogen (secondary N) is 3. The van der Waals surface area contributed by atoms with Crippen molar-refractivity contribution in [2.75, 3.05) is 18.9 Å². The molecule has 1 aromatic carbocycles. The van der Waals surface area contributed by atoms with E-state index in [0.29, 0.717) is 18.9 Å². The van der Waals surface area contributed by atoms with Crippen LogP contribution in [0.4, 0.5) is 5.69 Å². The molecule has 0 saturated carbocycles. The first-order valence-electron chi connectivity index (χ1n) is 8.97. The summed E-state index contributed by atoms with van der Waals surface area (Å²) in [4.78, 5) is 15.9. The molecule has 7 heteroatoms. The molecule has 0 aliphatic heterocycles. The fourth-order valence-electron chi connectivity index (χ4n) is 2.49. The lowest BCUT2D eigenvalue weighted by Crippen LogP contribution is -2.38. The standard InChI is InChI=1S/C20H28N4OS.HI/c1-4-5-19(25)24-18-8-6-16(7-9-18)13-23-20(21-3)22-12-15(2)17-10-11-26-14-17;/h6-11,14-15H,4-5,12-13H2,1-3H3,(H,24,25)(H2,21,22,23);1H. The zero-order chi connectivity index (χ0) is 18.8. The van der Waals surface area contributed by atoms with Crippen molar-refractivity contribution in [2.24, 2.45) is 4.99 Å². The third-order valence-corrected chi connectivity index (χ3v) is 4.79. The lowest BCUT2D eigenvalue weighted by atomic mass is 10.1. The van der Waals surface area contributed by atoms with Crippen LogP contribution in [0, 0.1) is 0 Å². The van der Waals surface area contributed by atoms with Gasteiger partial charge in [-0.05, 0) is 52.4 Å². The Hall–Kier alpha value is -1.61. The van der Waals surface area contributed by atoms with Gasteiger partial charge < -0.3 is 16.0 Å². The normalized spacial score (nSPS) is 12.0. The Bertz CT molecular complexity index is 701. The number of halogens is 1. The summed E-state index contributed by atoms with van der Waals surface area (Å²) in [6.07, 6.45) is 1.40. The maximum absolute atomic E-state index is 11.6. The number of aliphatic imine (C=N–C) groups is 1. The molecular weight excluding hydrogens is 471 g/mol. The highest BCUT2D eigenvalue weighted by atomic mass is 127. The van der Waals surface area contributed by atoms with E-state index in [-0.39, 0.29) is 29.9 Å². The number of rotatable bonds is 8. The maximum atomic E-state index is 11.6. The number of thiophene rings is 1. The molecule has 1 heterocycles. The molecular formula is C20H29IN4OS. The maximum Gasteiger partial charge on any atom is 0.224 e. The number of anilines is 1. The highest BCUT2D eigenvalue weighted by molar-refractivity contribution is 14.0. The summed E-state index contributed by atoms with van der Waals surface area (Å²) in [5.41, 5.74) is 3.31. The van der Waals surface area contributed by atoms with Crippen LogP contribution in [0.2, 0.25) is 0 Å². The molecule has 5 nitrogen and oxygen atoms in total. The van der Waals surface area contributed by atoms with Gasteiger partial charge in [0.1, 0.15) is 0 Å². The minimum atomic E-state index is 0. The molecule has 1 amide bonds. The van der Waals surface area contributed by atoms with Gasteiger partial charge in [-0.3, -0.25) is 9.79 Å². The number of guanidine groups is 1. The Morgan fingerprint density at radius 3 is 2.52 bits per heavy atom. The van der Waals surface area contributed by atoms with Gasteiger partial charge in [0.15, 0.2) is 5.96 Å². The molecule has 0 fully saturated rings. The SMILES string of the molecule is CCCC(=O)Nc1ccc(CNC(=NC)NCC(C)c2ccsc2)cc1.I. The Labute approximate surface area is 183 Å². The lowest BCUT2D eigenvalue weighted by Gasteiger charge is -2.15. The average Bonchev–Trinajstić information content (AvgIpc) is 3.18. The summed E-state index contributed by atoms with van der Waals surface area (Å²) in [5.74, 6) is 1.28. The largest absolute Gasteiger partial charge is 0.356 e. The smallest absolute Gasteiger partial charge is 0.224 e. The van der Waals surface area contributed by atoms with Crippen LogP contribution in [0.1, 0.15) is 43.7 Å². The number of carbonyl (C=O) groups excluding carboxylic acids is 1. The van der Waals surface area contributed by atoms with E-state index in [1.54, 1.807) is 18.4 Å². The highest BCUT2D eigenvalue weighted by Crippen LogP contribution is 2.17. The van der Waals surface area contributed by atoms with Gasteiger partial charge in [-0.15, -0.1) is 24.0 Å². The molecule has 1 atom stereocenters. The summed E-state index contributed by atoms with van der Waals surface area (Å²) >= 11 is 1.72. The van der Waals surface area contributed by atoms with Gasteiger partial charge in [0, 0.05) is 32.2 Å². The molecule has 3 N–H and O–H groups in total. The van der Waals surface area contributed by atoms with Crippen molar-refractivity contribution in [3.63, 3.8) is 0 Å². The van der Waals surface area contributed by atoms with Crippen LogP contribution in [0.5, 0.6) is 0 Å². The zero-order valence-corrected chi connectivity index (χ0v) is 19.3. The molecule has 1 unspecified atom stereocenters. The predicted molar refractivity (Wildman–Crippen MR) is 126 cm³/mol. The van der Waals surface area contributed by atoms with Crippen molar-refractivity contribution < 1.29 is 4.79 Å². The van der Waals surface area contributed by atoms with Crippen LogP contribution >= 0.6 is 35.3 Å². The summed E-state index contributed by atoms with van der Waals surface area (Å²) in [7, 11) is 1.77.